The Hall–Kier alpha value is -2.07. The molecule has 1 aliphatic rings. The number of aromatic nitrogens is 1. The molecule has 0 bridgehead atoms. The van der Waals surface area contributed by atoms with Crippen molar-refractivity contribution in [2.24, 2.45) is 0 Å². The lowest BCUT2D eigenvalue weighted by Gasteiger charge is -2.22. The molecule has 4 rings (SSSR count). The maximum Gasteiger partial charge on any atom is 0.127 e. The van der Waals surface area contributed by atoms with Gasteiger partial charge in [0.1, 0.15) is 5.75 Å². The fourth-order valence-electron chi connectivity index (χ4n) is 3.59. The number of pyridine rings is 1. The van der Waals surface area contributed by atoms with Crippen molar-refractivity contribution in [3.8, 4) is 16.9 Å². The fraction of sp³-hybridized carbons (Fsp3) is 0.261. The predicted octanol–water partition coefficient (Wildman–Crippen LogP) is 6.23. The number of halogens is 2. The van der Waals surface area contributed by atoms with Crippen LogP contribution >= 0.6 is 23.2 Å². The Morgan fingerprint density at radius 1 is 1.07 bits per heavy atom. The number of benzene rings is 2. The van der Waals surface area contributed by atoms with Crippen LogP contribution in [0.2, 0.25) is 10.0 Å². The molecule has 5 heteroatoms. The maximum absolute atomic E-state index is 6.35. The van der Waals surface area contributed by atoms with E-state index in [2.05, 4.69) is 22.4 Å². The highest BCUT2D eigenvalue weighted by atomic mass is 35.5. The zero-order valence-corrected chi connectivity index (χ0v) is 17.2. The Balaban J connectivity index is 1.66. The van der Waals surface area contributed by atoms with Crippen LogP contribution in [0, 0.1) is 0 Å². The fourth-order valence-corrected chi connectivity index (χ4v) is 3.97. The van der Waals surface area contributed by atoms with Gasteiger partial charge in [-0.1, -0.05) is 41.4 Å². The summed E-state index contributed by atoms with van der Waals surface area (Å²) in [5, 5.41) is 5.12. The first kappa shape index (κ1) is 19.3. The van der Waals surface area contributed by atoms with Gasteiger partial charge in [-0.15, -0.1) is 0 Å². The van der Waals surface area contributed by atoms with Crippen molar-refractivity contribution in [3.63, 3.8) is 0 Å². The summed E-state index contributed by atoms with van der Waals surface area (Å²) < 4.78 is 5.86. The Morgan fingerprint density at radius 2 is 1.89 bits per heavy atom. The zero-order valence-electron chi connectivity index (χ0n) is 15.7. The number of nitrogens with zero attached hydrogens (tertiary/aromatic N) is 1. The monoisotopic (exact) mass is 412 g/mol. The highest BCUT2D eigenvalue weighted by Crippen LogP contribution is 2.50. The van der Waals surface area contributed by atoms with Gasteiger partial charge in [0.2, 0.25) is 0 Å². The SMILES string of the molecule is CCOc1ccccc1-c1ccncc1C1(NCc2cc(Cl)ccc2Cl)CC1. The average Bonchev–Trinajstić information content (AvgIpc) is 3.50. The van der Waals surface area contributed by atoms with Crippen LogP contribution in [0.1, 0.15) is 30.9 Å². The molecule has 0 aliphatic heterocycles. The van der Waals surface area contributed by atoms with Crippen molar-refractivity contribution >= 4 is 23.2 Å². The molecule has 1 saturated carbocycles. The number of hydrogen-bond donors (Lipinski definition) is 1. The molecule has 0 radical (unpaired) electrons. The van der Waals surface area contributed by atoms with Crippen molar-refractivity contribution in [2.45, 2.75) is 31.8 Å². The predicted molar refractivity (Wildman–Crippen MR) is 115 cm³/mol. The van der Waals surface area contributed by atoms with Gasteiger partial charge in [-0.3, -0.25) is 4.98 Å². The number of ether oxygens (including phenoxy) is 1. The molecule has 28 heavy (non-hydrogen) atoms. The summed E-state index contributed by atoms with van der Waals surface area (Å²) in [4.78, 5) is 4.41. The van der Waals surface area contributed by atoms with Gasteiger partial charge >= 0.3 is 0 Å². The standard InChI is InChI=1S/C23H22Cl2N2O/c1-2-28-22-6-4-3-5-19(22)18-9-12-26-15-20(18)23(10-11-23)27-14-16-13-17(24)7-8-21(16)25/h3-9,12-13,15,27H,2,10-11,14H2,1H3. The molecule has 3 aromatic rings. The van der Waals surface area contributed by atoms with Crippen molar-refractivity contribution < 1.29 is 4.74 Å². The molecule has 144 valence electrons. The second-order valence-corrected chi connectivity index (χ2v) is 7.87. The third-order valence-corrected chi connectivity index (χ3v) is 5.79. The van der Waals surface area contributed by atoms with Crippen LogP contribution < -0.4 is 10.1 Å². The lowest BCUT2D eigenvalue weighted by atomic mass is 9.94. The molecule has 1 aliphatic carbocycles. The highest BCUT2D eigenvalue weighted by Gasteiger charge is 2.45. The first-order valence-corrected chi connectivity index (χ1v) is 10.2. The van der Waals surface area contributed by atoms with E-state index in [0.29, 0.717) is 18.2 Å². The van der Waals surface area contributed by atoms with E-state index < -0.39 is 0 Å². The number of nitrogens with one attached hydrogen (secondary N) is 1. The lowest BCUT2D eigenvalue weighted by Crippen LogP contribution is -2.29. The molecule has 1 fully saturated rings. The number of rotatable bonds is 7. The van der Waals surface area contributed by atoms with E-state index in [1.54, 1.807) is 0 Å². The smallest absolute Gasteiger partial charge is 0.127 e. The molecular weight excluding hydrogens is 391 g/mol. The summed E-state index contributed by atoms with van der Waals surface area (Å²) in [6.45, 7) is 3.29. The summed E-state index contributed by atoms with van der Waals surface area (Å²) >= 11 is 12.5. The molecule has 0 unspecified atom stereocenters. The van der Waals surface area contributed by atoms with E-state index in [0.717, 1.165) is 40.3 Å². The molecule has 0 saturated heterocycles. The van der Waals surface area contributed by atoms with E-state index in [1.807, 2.05) is 55.7 Å². The number of hydrogen-bond acceptors (Lipinski definition) is 3. The van der Waals surface area contributed by atoms with Crippen LogP contribution in [-0.4, -0.2) is 11.6 Å². The van der Waals surface area contributed by atoms with Crippen molar-refractivity contribution in [2.75, 3.05) is 6.61 Å². The second kappa shape index (κ2) is 8.12. The molecule has 0 amide bonds. The van der Waals surface area contributed by atoms with E-state index in [4.69, 9.17) is 27.9 Å². The van der Waals surface area contributed by atoms with Gasteiger partial charge in [0.15, 0.2) is 0 Å². The van der Waals surface area contributed by atoms with E-state index in [9.17, 15) is 0 Å². The molecule has 1 N–H and O–H groups in total. The first-order valence-electron chi connectivity index (χ1n) is 9.48. The largest absolute Gasteiger partial charge is 0.493 e. The Labute approximate surface area is 175 Å². The Kier molecular flexibility index (Phi) is 5.58. The van der Waals surface area contributed by atoms with Gasteiger partial charge in [-0.2, -0.15) is 0 Å². The summed E-state index contributed by atoms with van der Waals surface area (Å²) in [7, 11) is 0. The normalized spacial score (nSPS) is 14.7. The molecular formula is C23H22Cl2N2O. The van der Waals surface area contributed by atoms with E-state index in [1.165, 1.54) is 5.56 Å². The van der Waals surface area contributed by atoms with Crippen LogP contribution in [0.15, 0.2) is 60.9 Å². The molecule has 2 aromatic carbocycles. The van der Waals surface area contributed by atoms with Crippen LogP contribution in [-0.2, 0) is 12.1 Å². The quantitative estimate of drug-likeness (QED) is 0.498. The number of para-hydroxylation sites is 1. The third kappa shape index (κ3) is 3.88. The third-order valence-electron chi connectivity index (χ3n) is 5.19. The summed E-state index contributed by atoms with van der Waals surface area (Å²) in [6.07, 6.45) is 5.92. The highest BCUT2D eigenvalue weighted by molar-refractivity contribution is 6.33. The molecule has 1 heterocycles. The Morgan fingerprint density at radius 3 is 2.68 bits per heavy atom. The van der Waals surface area contributed by atoms with Crippen LogP contribution in [0.25, 0.3) is 11.1 Å². The van der Waals surface area contributed by atoms with Gasteiger partial charge in [-0.05, 0) is 66.8 Å². The zero-order chi connectivity index (χ0) is 19.6. The summed E-state index contributed by atoms with van der Waals surface area (Å²) in [5.41, 5.74) is 4.34. The van der Waals surface area contributed by atoms with E-state index >= 15 is 0 Å². The molecule has 3 nitrogen and oxygen atoms in total. The summed E-state index contributed by atoms with van der Waals surface area (Å²) in [5.74, 6) is 0.895. The molecule has 0 atom stereocenters. The van der Waals surface area contributed by atoms with Crippen molar-refractivity contribution in [1.82, 2.24) is 10.3 Å². The van der Waals surface area contributed by atoms with Gasteiger partial charge in [0.05, 0.1) is 6.61 Å². The minimum absolute atomic E-state index is 0.103. The van der Waals surface area contributed by atoms with Gasteiger partial charge in [0, 0.05) is 40.1 Å². The minimum atomic E-state index is -0.103. The van der Waals surface area contributed by atoms with Crippen LogP contribution in [0.5, 0.6) is 5.75 Å². The maximum atomic E-state index is 6.35. The topological polar surface area (TPSA) is 34.1 Å². The molecule has 0 spiro atoms. The molecule has 1 aromatic heterocycles. The average molecular weight is 413 g/mol. The van der Waals surface area contributed by atoms with Crippen molar-refractivity contribution in [1.29, 1.82) is 0 Å². The van der Waals surface area contributed by atoms with E-state index in [-0.39, 0.29) is 5.54 Å². The first-order chi connectivity index (χ1) is 13.6. The van der Waals surface area contributed by atoms with Crippen LogP contribution in [0.4, 0.5) is 0 Å². The lowest BCUT2D eigenvalue weighted by molar-refractivity contribution is 0.341. The van der Waals surface area contributed by atoms with Gasteiger partial charge < -0.3 is 10.1 Å². The summed E-state index contributed by atoms with van der Waals surface area (Å²) in [6, 6.07) is 15.8. The second-order valence-electron chi connectivity index (χ2n) is 7.02. The minimum Gasteiger partial charge on any atom is -0.493 e. The Bertz CT molecular complexity index is 986. The van der Waals surface area contributed by atoms with Crippen molar-refractivity contribution in [3.05, 3.63) is 82.1 Å². The van der Waals surface area contributed by atoms with Crippen LogP contribution in [0.3, 0.4) is 0 Å². The van der Waals surface area contributed by atoms with Gasteiger partial charge in [0.25, 0.3) is 0 Å². The van der Waals surface area contributed by atoms with Gasteiger partial charge in [-0.25, -0.2) is 0 Å².